The summed E-state index contributed by atoms with van der Waals surface area (Å²) in [5.41, 5.74) is 4.49. The lowest BCUT2D eigenvalue weighted by atomic mass is 10.0. The van der Waals surface area contributed by atoms with Crippen LogP contribution in [0.15, 0.2) is 36.7 Å². The van der Waals surface area contributed by atoms with E-state index >= 15 is 0 Å². The average molecular weight is 259 g/mol. The molecule has 2 heterocycles. The molecule has 0 spiro atoms. The first-order valence-corrected chi connectivity index (χ1v) is 6.32. The summed E-state index contributed by atoms with van der Waals surface area (Å²) in [6.45, 7) is 0. The number of benzene rings is 1. The van der Waals surface area contributed by atoms with Crippen LogP contribution in [0.2, 0.25) is 0 Å². The summed E-state index contributed by atoms with van der Waals surface area (Å²) in [5.74, 6) is 0.962. The zero-order valence-corrected chi connectivity index (χ0v) is 11.0. The van der Waals surface area contributed by atoms with Crippen molar-refractivity contribution in [2.45, 2.75) is 18.5 Å². The highest BCUT2D eigenvalue weighted by Crippen LogP contribution is 2.31. The van der Waals surface area contributed by atoms with Crippen molar-refractivity contribution in [3.63, 3.8) is 0 Å². The fourth-order valence-electron chi connectivity index (χ4n) is 2.58. The van der Waals surface area contributed by atoms with Gasteiger partial charge in [0.05, 0.1) is 13.2 Å². The van der Waals surface area contributed by atoms with Gasteiger partial charge in [0.1, 0.15) is 11.8 Å². The van der Waals surface area contributed by atoms with Crippen molar-refractivity contribution in [2.24, 2.45) is 0 Å². The first-order chi connectivity index (χ1) is 9.19. The molecule has 19 heavy (non-hydrogen) atoms. The number of ether oxygens (including phenoxy) is 1. The van der Waals surface area contributed by atoms with Crippen molar-refractivity contribution in [3.05, 3.63) is 42.2 Å². The fraction of sp³-hybridized carbons (Fsp3) is 0.357. The van der Waals surface area contributed by atoms with Crippen LogP contribution in [0, 0.1) is 0 Å². The van der Waals surface area contributed by atoms with Crippen molar-refractivity contribution in [1.82, 2.24) is 15.3 Å². The van der Waals surface area contributed by atoms with Gasteiger partial charge in [0.25, 0.3) is 5.91 Å². The van der Waals surface area contributed by atoms with Crippen LogP contribution in [-0.4, -0.2) is 36.0 Å². The molecule has 0 bridgehead atoms. The summed E-state index contributed by atoms with van der Waals surface area (Å²) in [6.07, 6.45) is 4.45. The Morgan fingerprint density at radius 2 is 2.21 bits per heavy atom. The van der Waals surface area contributed by atoms with Crippen LogP contribution in [0.1, 0.15) is 18.0 Å². The van der Waals surface area contributed by atoms with Gasteiger partial charge in [0.2, 0.25) is 0 Å². The summed E-state index contributed by atoms with van der Waals surface area (Å²) in [5, 5.41) is 1.90. The van der Waals surface area contributed by atoms with E-state index in [1.807, 2.05) is 29.4 Å². The fourth-order valence-corrected chi connectivity index (χ4v) is 2.58. The van der Waals surface area contributed by atoms with Crippen LogP contribution in [0.5, 0.6) is 5.75 Å². The Labute approximate surface area is 112 Å². The van der Waals surface area contributed by atoms with Crippen molar-refractivity contribution in [3.8, 4) is 5.75 Å². The van der Waals surface area contributed by atoms with Crippen molar-refractivity contribution in [1.29, 1.82) is 0 Å². The second-order valence-corrected chi connectivity index (χ2v) is 4.86. The van der Waals surface area contributed by atoms with Crippen LogP contribution < -0.4 is 10.2 Å². The van der Waals surface area contributed by atoms with Gasteiger partial charge in [0, 0.05) is 19.4 Å². The summed E-state index contributed by atoms with van der Waals surface area (Å²) in [7, 11) is 3.45. The van der Waals surface area contributed by atoms with Gasteiger partial charge in [-0.05, 0) is 24.1 Å². The summed E-state index contributed by atoms with van der Waals surface area (Å²) in [4.78, 5) is 13.7. The maximum Gasteiger partial charge on any atom is 0.250 e. The normalized spacial score (nSPS) is 25.7. The first-order valence-electron chi connectivity index (χ1n) is 6.32. The quantitative estimate of drug-likeness (QED) is 0.868. The van der Waals surface area contributed by atoms with Crippen LogP contribution in [0.3, 0.4) is 0 Å². The molecule has 5 nitrogen and oxygen atoms in total. The third-order valence-corrected chi connectivity index (χ3v) is 3.68. The topological polar surface area (TPSA) is 44.8 Å². The second-order valence-electron chi connectivity index (χ2n) is 4.86. The predicted octanol–water partition coefficient (Wildman–Crippen LogP) is 1.26. The number of rotatable bonds is 2. The van der Waals surface area contributed by atoms with E-state index in [0.717, 1.165) is 17.7 Å². The van der Waals surface area contributed by atoms with Gasteiger partial charge in [-0.1, -0.05) is 12.1 Å². The number of fused-ring (bicyclic) bond motifs is 1. The number of methoxy groups -OCH3 is 1. The van der Waals surface area contributed by atoms with Crippen molar-refractivity contribution >= 4 is 5.91 Å². The zero-order valence-electron chi connectivity index (χ0n) is 11.0. The summed E-state index contributed by atoms with van der Waals surface area (Å²) >= 11 is 0. The van der Waals surface area contributed by atoms with Gasteiger partial charge < -0.3 is 14.6 Å². The molecule has 5 heteroatoms. The van der Waals surface area contributed by atoms with E-state index in [0.29, 0.717) is 0 Å². The van der Waals surface area contributed by atoms with Gasteiger partial charge >= 0.3 is 0 Å². The first kappa shape index (κ1) is 12.0. The number of hydrogen-bond acceptors (Lipinski definition) is 4. The molecule has 1 aromatic carbocycles. The number of carbonyl (C=O) groups is 1. The number of carbonyl (C=O) groups excluding carboxylic acids is 1. The van der Waals surface area contributed by atoms with E-state index in [1.165, 1.54) is 0 Å². The molecule has 1 N–H and O–H groups in total. The largest absolute Gasteiger partial charge is 0.497 e. The maximum atomic E-state index is 12.1. The molecule has 2 aliphatic rings. The third kappa shape index (κ3) is 2.06. The number of hydrogen-bond donors (Lipinski definition) is 1. The summed E-state index contributed by atoms with van der Waals surface area (Å²) < 4.78 is 5.24. The van der Waals surface area contributed by atoms with Gasteiger partial charge in [0.15, 0.2) is 0 Å². The third-order valence-electron chi connectivity index (χ3n) is 3.68. The minimum absolute atomic E-state index is 0.119. The Hall–Kier alpha value is -2.01. The molecular formula is C14H17N3O2. The Balaban J connectivity index is 1.82. The molecule has 2 atom stereocenters. The van der Waals surface area contributed by atoms with Gasteiger partial charge in [-0.3, -0.25) is 4.79 Å². The lowest BCUT2D eigenvalue weighted by Crippen LogP contribution is -2.46. The standard InChI is InChI=1S/C14H17N3O2/c1-16-6-7-17-13(14(16)18)9-12(15-17)10-4-3-5-11(8-10)19-2/h3-8,12-13,15H,9H2,1-2H3. The lowest BCUT2D eigenvalue weighted by Gasteiger charge is -2.29. The average Bonchev–Trinajstić information content (AvgIpc) is 2.88. The minimum Gasteiger partial charge on any atom is -0.497 e. The second kappa shape index (κ2) is 4.59. The molecule has 1 amide bonds. The SMILES string of the molecule is COc1cccc(C2CC3C(=O)N(C)C=CN3N2)c1. The highest BCUT2D eigenvalue weighted by molar-refractivity contribution is 5.84. The highest BCUT2D eigenvalue weighted by atomic mass is 16.5. The predicted molar refractivity (Wildman–Crippen MR) is 71.0 cm³/mol. The Morgan fingerprint density at radius 1 is 1.37 bits per heavy atom. The van der Waals surface area contributed by atoms with E-state index in [4.69, 9.17) is 4.74 Å². The molecule has 100 valence electrons. The molecule has 2 unspecified atom stereocenters. The van der Waals surface area contributed by atoms with Crippen LogP contribution in [-0.2, 0) is 4.79 Å². The molecule has 0 saturated carbocycles. The van der Waals surface area contributed by atoms with E-state index in [2.05, 4.69) is 11.5 Å². The van der Waals surface area contributed by atoms with E-state index in [1.54, 1.807) is 25.3 Å². The monoisotopic (exact) mass is 259 g/mol. The number of nitrogens with one attached hydrogen (secondary N) is 1. The number of hydrazine groups is 1. The molecular weight excluding hydrogens is 242 g/mol. The van der Waals surface area contributed by atoms with E-state index < -0.39 is 0 Å². The molecule has 3 rings (SSSR count). The number of likely N-dealkylation sites (N-methyl/N-ethyl adjacent to an activating group) is 1. The molecule has 0 aliphatic carbocycles. The Bertz CT molecular complexity index is 529. The number of nitrogens with zero attached hydrogens (tertiary/aromatic N) is 2. The lowest BCUT2D eigenvalue weighted by molar-refractivity contribution is -0.133. The smallest absolute Gasteiger partial charge is 0.250 e. The van der Waals surface area contributed by atoms with Crippen LogP contribution in [0.4, 0.5) is 0 Å². The van der Waals surface area contributed by atoms with Gasteiger partial charge in [-0.2, -0.15) is 0 Å². The van der Waals surface area contributed by atoms with E-state index in [9.17, 15) is 4.79 Å². The van der Waals surface area contributed by atoms with Crippen molar-refractivity contribution in [2.75, 3.05) is 14.2 Å². The van der Waals surface area contributed by atoms with Gasteiger partial charge in [-0.25, -0.2) is 5.43 Å². The highest BCUT2D eigenvalue weighted by Gasteiger charge is 2.38. The van der Waals surface area contributed by atoms with Crippen molar-refractivity contribution < 1.29 is 9.53 Å². The number of amides is 1. The zero-order chi connectivity index (χ0) is 13.4. The minimum atomic E-state index is -0.119. The van der Waals surface area contributed by atoms with Gasteiger partial charge in [-0.15, -0.1) is 0 Å². The Morgan fingerprint density at radius 3 is 3.00 bits per heavy atom. The van der Waals surface area contributed by atoms with Crippen LogP contribution in [0.25, 0.3) is 0 Å². The Kier molecular flexibility index (Phi) is 2.91. The summed E-state index contributed by atoms with van der Waals surface area (Å²) in [6, 6.07) is 7.97. The molecule has 0 aromatic heterocycles. The van der Waals surface area contributed by atoms with E-state index in [-0.39, 0.29) is 18.0 Å². The molecule has 2 aliphatic heterocycles. The van der Waals surface area contributed by atoms with Crippen LogP contribution >= 0.6 is 0 Å². The molecule has 1 saturated heterocycles. The maximum absolute atomic E-state index is 12.1. The molecule has 1 fully saturated rings. The molecule has 1 aromatic rings. The molecule has 0 radical (unpaired) electrons.